The molecule has 102 valence electrons. The Labute approximate surface area is 103 Å². The van der Waals surface area contributed by atoms with Gasteiger partial charge in [-0.25, -0.2) is 8.42 Å². The van der Waals surface area contributed by atoms with E-state index in [0.29, 0.717) is 25.9 Å². The van der Waals surface area contributed by atoms with Crippen molar-refractivity contribution in [3.05, 3.63) is 0 Å². The molecule has 0 heterocycles. The van der Waals surface area contributed by atoms with Crippen LogP contribution in [0.15, 0.2) is 0 Å². The fourth-order valence-corrected chi connectivity index (χ4v) is 1.99. The number of nitrogens with two attached hydrogens (primary N) is 2. The molecule has 1 atom stereocenters. The molecule has 0 fully saturated rings. The van der Waals surface area contributed by atoms with Crippen LogP contribution in [-0.2, 0) is 14.6 Å². The SMILES string of the molecule is CS(=O)(=O)CCCNC(=O)[C@@H](N)CCCCN. The Kier molecular flexibility index (Phi) is 8.11. The number of amides is 1. The fraction of sp³-hybridized carbons (Fsp3) is 0.900. The van der Waals surface area contributed by atoms with Crippen molar-refractivity contribution in [2.24, 2.45) is 11.5 Å². The molecule has 0 aromatic carbocycles. The first kappa shape index (κ1) is 16.3. The molecule has 0 aromatic rings. The predicted molar refractivity (Wildman–Crippen MR) is 68.2 cm³/mol. The summed E-state index contributed by atoms with van der Waals surface area (Å²) in [5, 5.41) is 2.62. The summed E-state index contributed by atoms with van der Waals surface area (Å²) in [5.41, 5.74) is 11.0. The summed E-state index contributed by atoms with van der Waals surface area (Å²) >= 11 is 0. The van der Waals surface area contributed by atoms with Crippen molar-refractivity contribution in [1.82, 2.24) is 5.32 Å². The van der Waals surface area contributed by atoms with Crippen molar-refractivity contribution >= 4 is 15.7 Å². The Hall–Kier alpha value is -0.660. The van der Waals surface area contributed by atoms with Gasteiger partial charge in [0.1, 0.15) is 9.84 Å². The molecule has 0 saturated carbocycles. The van der Waals surface area contributed by atoms with E-state index < -0.39 is 15.9 Å². The van der Waals surface area contributed by atoms with Crippen molar-refractivity contribution in [2.45, 2.75) is 31.7 Å². The summed E-state index contributed by atoms with van der Waals surface area (Å²) in [7, 11) is -2.96. The Morgan fingerprint density at radius 3 is 2.47 bits per heavy atom. The first-order chi connectivity index (χ1) is 7.87. The van der Waals surface area contributed by atoms with Crippen LogP contribution in [0, 0.1) is 0 Å². The minimum Gasteiger partial charge on any atom is -0.355 e. The molecule has 0 spiro atoms. The van der Waals surface area contributed by atoms with E-state index in [1.165, 1.54) is 6.26 Å². The maximum absolute atomic E-state index is 11.4. The highest BCUT2D eigenvalue weighted by Gasteiger charge is 2.12. The van der Waals surface area contributed by atoms with Crippen LogP contribution in [0.2, 0.25) is 0 Å². The van der Waals surface area contributed by atoms with Crippen LogP contribution in [0.3, 0.4) is 0 Å². The number of carbonyl (C=O) groups excluding carboxylic acids is 1. The standard InChI is InChI=1S/C10H23N3O3S/c1-17(15,16)8-4-7-13-10(14)9(12)5-2-3-6-11/h9H,2-8,11-12H2,1H3,(H,13,14)/t9-/m0/s1. The number of nitrogens with one attached hydrogen (secondary N) is 1. The number of rotatable bonds is 9. The molecule has 0 bridgehead atoms. The molecule has 5 N–H and O–H groups in total. The lowest BCUT2D eigenvalue weighted by Crippen LogP contribution is -2.41. The molecule has 0 unspecified atom stereocenters. The van der Waals surface area contributed by atoms with E-state index in [9.17, 15) is 13.2 Å². The Bertz CT molecular complexity index is 317. The smallest absolute Gasteiger partial charge is 0.236 e. The van der Waals surface area contributed by atoms with E-state index >= 15 is 0 Å². The second-order valence-electron chi connectivity index (χ2n) is 4.17. The molecule has 0 aliphatic carbocycles. The number of carbonyl (C=O) groups is 1. The zero-order chi connectivity index (χ0) is 13.3. The van der Waals surface area contributed by atoms with Crippen LogP contribution < -0.4 is 16.8 Å². The molecular formula is C10H23N3O3S. The first-order valence-electron chi connectivity index (χ1n) is 5.78. The number of sulfone groups is 1. The molecule has 0 saturated heterocycles. The highest BCUT2D eigenvalue weighted by Crippen LogP contribution is 1.98. The molecule has 7 heteroatoms. The third kappa shape index (κ3) is 10.2. The van der Waals surface area contributed by atoms with Crippen LogP contribution in [0.5, 0.6) is 0 Å². The van der Waals surface area contributed by atoms with Crippen molar-refractivity contribution in [3.63, 3.8) is 0 Å². The highest BCUT2D eigenvalue weighted by atomic mass is 32.2. The van der Waals surface area contributed by atoms with Gasteiger partial charge in [0.2, 0.25) is 5.91 Å². The highest BCUT2D eigenvalue weighted by molar-refractivity contribution is 7.90. The minimum absolute atomic E-state index is 0.0791. The zero-order valence-corrected chi connectivity index (χ0v) is 11.1. The van der Waals surface area contributed by atoms with E-state index in [4.69, 9.17) is 11.5 Å². The van der Waals surface area contributed by atoms with Gasteiger partial charge in [0.05, 0.1) is 11.8 Å². The van der Waals surface area contributed by atoms with E-state index in [0.717, 1.165) is 12.8 Å². The van der Waals surface area contributed by atoms with E-state index in [1.54, 1.807) is 0 Å². The molecule has 6 nitrogen and oxygen atoms in total. The van der Waals surface area contributed by atoms with E-state index in [2.05, 4.69) is 5.32 Å². The van der Waals surface area contributed by atoms with Crippen LogP contribution in [0.25, 0.3) is 0 Å². The monoisotopic (exact) mass is 265 g/mol. The Morgan fingerprint density at radius 1 is 1.29 bits per heavy atom. The van der Waals surface area contributed by atoms with Crippen molar-refractivity contribution < 1.29 is 13.2 Å². The van der Waals surface area contributed by atoms with Crippen molar-refractivity contribution in [1.29, 1.82) is 0 Å². The minimum atomic E-state index is -2.96. The van der Waals surface area contributed by atoms with Gasteiger partial charge >= 0.3 is 0 Å². The third-order valence-corrected chi connectivity index (χ3v) is 3.33. The molecule has 0 aliphatic heterocycles. The van der Waals surface area contributed by atoms with Gasteiger partial charge in [-0.3, -0.25) is 4.79 Å². The van der Waals surface area contributed by atoms with Gasteiger partial charge in [0.15, 0.2) is 0 Å². The lowest BCUT2D eigenvalue weighted by Gasteiger charge is -2.11. The summed E-state index contributed by atoms with van der Waals surface area (Å²) in [5.74, 6) is -0.147. The molecule has 1 amide bonds. The normalized spacial score (nSPS) is 13.4. The fourth-order valence-electron chi connectivity index (χ4n) is 1.32. The lowest BCUT2D eigenvalue weighted by molar-refractivity contribution is -0.122. The van der Waals surface area contributed by atoms with Crippen LogP contribution in [-0.4, -0.2) is 45.5 Å². The number of hydrogen-bond acceptors (Lipinski definition) is 5. The summed E-state index contributed by atoms with van der Waals surface area (Å²) < 4.78 is 21.7. The van der Waals surface area contributed by atoms with Gasteiger partial charge in [-0.05, 0) is 25.8 Å². The van der Waals surface area contributed by atoms with E-state index in [-0.39, 0.29) is 11.7 Å². The average Bonchev–Trinajstić information content (AvgIpc) is 2.23. The van der Waals surface area contributed by atoms with Gasteiger partial charge in [-0.2, -0.15) is 0 Å². The predicted octanol–water partition coefficient (Wildman–Crippen LogP) is -1.01. The quantitative estimate of drug-likeness (QED) is 0.462. The number of unbranched alkanes of at least 4 members (excludes halogenated alkanes) is 1. The van der Waals surface area contributed by atoms with Crippen molar-refractivity contribution in [2.75, 3.05) is 25.1 Å². The van der Waals surface area contributed by atoms with Crippen LogP contribution in [0.1, 0.15) is 25.7 Å². The van der Waals surface area contributed by atoms with E-state index in [1.807, 2.05) is 0 Å². The summed E-state index contributed by atoms with van der Waals surface area (Å²) in [4.78, 5) is 11.4. The lowest BCUT2D eigenvalue weighted by atomic mass is 10.1. The van der Waals surface area contributed by atoms with Gasteiger partial charge in [0, 0.05) is 12.8 Å². The first-order valence-corrected chi connectivity index (χ1v) is 7.84. The number of hydrogen-bond donors (Lipinski definition) is 3. The molecular weight excluding hydrogens is 242 g/mol. The molecule has 0 aromatic heterocycles. The summed E-state index contributed by atoms with van der Waals surface area (Å²) in [6.45, 7) is 0.944. The van der Waals surface area contributed by atoms with Crippen molar-refractivity contribution in [3.8, 4) is 0 Å². The van der Waals surface area contributed by atoms with Gasteiger partial charge < -0.3 is 16.8 Å². The van der Waals surface area contributed by atoms with Gasteiger partial charge in [0.25, 0.3) is 0 Å². The summed E-state index contributed by atoms with van der Waals surface area (Å²) in [6.07, 6.45) is 3.88. The van der Waals surface area contributed by atoms with Gasteiger partial charge in [-0.15, -0.1) is 0 Å². The Balaban J connectivity index is 3.64. The van der Waals surface area contributed by atoms with Crippen LogP contribution in [0.4, 0.5) is 0 Å². The largest absolute Gasteiger partial charge is 0.355 e. The molecule has 0 rings (SSSR count). The second-order valence-corrected chi connectivity index (χ2v) is 6.43. The maximum atomic E-state index is 11.4. The second kappa shape index (κ2) is 8.43. The summed E-state index contributed by atoms with van der Waals surface area (Å²) in [6, 6.07) is -0.528. The molecule has 17 heavy (non-hydrogen) atoms. The maximum Gasteiger partial charge on any atom is 0.236 e. The zero-order valence-electron chi connectivity index (χ0n) is 10.3. The topological polar surface area (TPSA) is 115 Å². The van der Waals surface area contributed by atoms with Crippen LogP contribution >= 0.6 is 0 Å². The van der Waals surface area contributed by atoms with Gasteiger partial charge in [-0.1, -0.05) is 6.42 Å². The molecule has 0 aliphatic rings. The average molecular weight is 265 g/mol. The third-order valence-electron chi connectivity index (χ3n) is 2.30. The molecule has 0 radical (unpaired) electrons. The Morgan fingerprint density at radius 2 is 1.94 bits per heavy atom.